The molecule has 0 unspecified atom stereocenters. The van der Waals surface area contributed by atoms with E-state index in [1.165, 1.54) is 6.33 Å². The van der Waals surface area contributed by atoms with Gasteiger partial charge in [0, 0.05) is 6.54 Å². The second kappa shape index (κ2) is 5.39. The highest BCUT2D eigenvalue weighted by Crippen LogP contribution is 2.30. The third-order valence-electron chi connectivity index (χ3n) is 2.62. The van der Waals surface area contributed by atoms with Crippen LogP contribution in [0.5, 0.6) is 5.75 Å². The predicted molar refractivity (Wildman–Crippen MR) is 68.4 cm³/mol. The van der Waals surface area contributed by atoms with Gasteiger partial charge in [-0.2, -0.15) is 0 Å². The molecule has 0 radical (unpaired) electrons. The number of methoxy groups -OCH3 is 1. The van der Waals surface area contributed by atoms with E-state index >= 15 is 0 Å². The summed E-state index contributed by atoms with van der Waals surface area (Å²) in [5.74, 6) is 2.35. The van der Waals surface area contributed by atoms with Crippen molar-refractivity contribution in [2.24, 2.45) is 0 Å². The Morgan fingerprint density at radius 1 is 1.44 bits per heavy atom. The molecule has 0 aromatic carbocycles. The summed E-state index contributed by atoms with van der Waals surface area (Å²) in [4.78, 5) is 10.2. The number of nitrogens with two attached hydrogens (primary N) is 1. The molecule has 2 aromatic rings. The molecule has 0 atom stereocenters. The van der Waals surface area contributed by atoms with Gasteiger partial charge in [-0.1, -0.05) is 0 Å². The van der Waals surface area contributed by atoms with Crippen molar-refractivity contribution >= 4 is 11.6 Å². The van der Waals surface area contributed by atoms with Crippen molar-refractivity contribution in [3.05, 3.63) is 30.5 Å². The Balaban J connectivity index is 2.30. The summed E-state index contributed by atoms with van der Waals surface area (Å²) >= 11 is 0. The van der Waals surface area contributed by atoms with E-state index in [2.05, 4.69) is 9.97 Å². The number of hydrogen-bond acceptors (Lipinski definition) is 6. The second-order valence-corrected chi connectivity index (χ2v) is 3.71. The van der Waals surface area contributed by atoms with E-state index in [1.807, 2.05) is 24.0 Å². The Hall–Kier alpha value is -2.24. The molecule has 18 heavy (non-hydrogen) atoms. The monoisotopic (exact) mass is 248 g/mol. The molecule has 0 fully saturated rings. The van der Waals surface area contributed by atoms with Gasteiger partial charge in [0.25, 0.3) is 0 Å². The average molecular weight is 248 g/mol. The van der Waals surface area contributed by atoms with E-state index in [0.29, 0.717) is 23.9 Å². The van der Waals surface area contributed by atoms with Crippen LogP contribution in [0.1, 0.15) is 12.7 Å². The zero-order chi connectivity index (χ0) is 13.0. The number of ether oxygens (including phenoxy) is 1. The van der Waals surface area contributed by atoms with Crippen LogP contribution in [0.4, 0.5) is 11.6 Å². The summed E-state index contributed by atoms with van der Waals surface area (Å²) in [7, 11) is 1.55. The standard InChI is InChI=1S/C12H16N4O2/c1-3-16(7-9-5-4-6-18-9)12-10(17-2)11(13)14-8-15-12/h4-6,8H,3,7H2,1-2H3,(H2,13,14,15). The molecule has 0 aliphatic rings. The van der Waals surface area contributed by atoms with E-state index in [1.54, 1.807) is 13.4 Å². The van der Waals surface area contributed by atoms with Crippen molar-refractivity contribution in [1.29, 1.82) is 0 Å². The Bertz CT molecular complexity index is 499. The van der Waals surface area contributed by atoms with E-state index in [0.717, 1.165) is 12.3 Å². The molecule has 6 heteroatoms. The Morgan fingerprint density at radius 2 is 2.28 bits per heavy atom. The van der Waals surface area contributed by atoms with Crippen LogP contribution < -0.4 is 15.4 Å². The average Bonchev–Trinajstić information content (AvgIpc) is 2.88. The van der Waals surface area contributed by atoms with Gasteiger partial charge in [0.05, 0.1) is 19.9 Å². The molecule has 6 nitrogen and oxygen atoms in total. The first kappa shape index (κ1) is 12.2. The highest BCUT2D eigenvalue weighted by atomic mass is 16.5. The smallest absolute Gasteiger partial charge is 0.204 e. The Labute approximate surface area is 105 Å². The molecular formula is C12H16N4O2. The van der Waals surface area contributed by atoms with Gasteiger partial charge in [0.2, 0.25) is 5.75 Å². The number of aromatic nitrogens is 2. The highest BCUT2D eigenvalue weighted by Gasteiger charge is 2.16. The van der Waals surface area contributed by atoms with Gasteiger partial charge in [-0.15, -0.1) is 0 Å². The Morgan fingerprint density at radius 3 is 2.89 bits per heavy atom. The molecule has 0 spiro atoms. The summed E-state index contributed by atoms with van der Waals surface area (Å²) in [5, 5.41) is 0. The highest BCUT2D eigenvalue weighted by molar-refractivity contribution is 5.62. The summed E-state index contributed by atoms with van der Waals surface area (Å²) in [5.41, 5.74) is 5.77. The zero-order valence-corrected chi connectivity index (χ0v) is 10.5. The summed E-state index contributed by atoms with van der Waals surface area (Å²) < 4.78 is 10.6. The maximum atomic E-state index is 5.77. The van der Waals surface area contributed by atoms with Crippen LogP contribution >= 0.6 is 0 Å². The van der Waals surface area contributed by atoms with Crippen LogP contribution in [0.25, 0.3) is 0 Å². The van der Waals surface area contributed by atoms with E-state index in [4.69, 9.17) is 14.9 Å². The van der Waals surface area contributed by atoms with Crippen LogP contribution in [0.3, 0.4) is 0 Å². The van der Waals surface area contributed by atoms with Crippen LogP contribution in [0, 0.1) is 0 Å². The normalized spacial score (nSPS) is 10.3. The fourth-order valence-corrected chi connectivity index (χ4v) is 1.73. The minimum atomic E-state index is 0.334. The lowest BCUT2D eigenvalue weighted by Gasteiger charge is -2.22. The van der Waals surface area contributed by atoms with Crippen molar-refractivity contribution in [3.8, 4) is 5.75 Å². The number of nitrogen functional groups attached to an aromatic ring is 1. The minimum absolute atomic E-state index is 0.334. The first-order valence-corrected chi connectivity index (χ1v) is 5.68. The number of anilines is 2. The quantitative estimate of drug-likeness (QED) is 0.867. The zero-order valence-electron chi connectivity index (χ0n) is 10.5. The third kappa shape index (κ3) is 2.37. The fraction of sp³-hybridized carbons (Fsp3) is 0.333. The van der Waals surface area contributed by atoms with Crippen LogP contribution in [-0.2, 0) is 6.54 Å². The number of furan rings is 1. The Kier molecular flexibility index (Phi) is 3.66. The lowest BCUT2D eigenvalue weighted by atomic mass is 10.3. The second-order valence-electron chi connectivity index (χ2n) is 3.71. The lowest BCUT2D eigenvalue weighted by Crippen LogP contribution is -2.24. The first-order chi connectivity index (χ1) is 8.76. The van der Waals surface area contributed by atoms with E-state index < -0.39 is 0 Å². The molecular weight excluding hydrogens is 232 g/mol. The third-order valence-corrected chi connectivity index (χ3v) is 2.62. The van der Waals surface area contributed by atoms with Gasteiger partial charge >= 0.3 is 0 Å². The summed E-state index contributed by atoms with van der Waals surface area (Å²) in [6.45, 7) is 3.39. The molecule has 0 aliphatic heterocycles. The van der Waals surface area contributed by atoms with E-state index in [-0.39, 0.29) is 0 Å². The topological polar surface area (TPSA) is 77.4 Å². The van der Waals surface area contributed by atoms with Crippen molar-refractivity contribution in [3.63, 3.8) is 0 Å². The molecule has 0 aliphatic carbocycles. The largest absolute Gasteiger partial charge is 0.490 e. The van der Waals surface area contributed by atoms with Gasteiger partial charge < -0.3 is 19.8 Å². The van der Waals surface area contributed by atoms with Gasteiger partial charge in [0.1, 0.15) is 12.1 Å². The maximum Gasteiger partial charge on any atom is 0.204 e. The van der Waals surface area contributed by atoms with Gasteiger partial charge in [-0.3, -0.25) is 0 Å². The fourth-order valence-electron chi connectivity index (χ4n) is 1.73. The molecule has 2 heterocycles. The molecule has 2 N–H and O–H groups in total. The van der Waals surface area contributed by atoms with Gasteiger partial charge in [-0.25, -0.2) is 9.97 Å². The molecule has 0 saturated carbocycles. The van der Waals surface area contributed by atoms with Crippen LogP contribution in [0.15, 0.2) is 29.1 Å². The maximum absolute atomic E-state index is 5.77. The lowest BCUT2D eigenvalue weighted by molar-refractivity contribution is 0.411. The van der Waals surface area contributed by atoms with Gasteiger partial charge in [0.15, 0.2) is 11.6 Å². The van der Waals surface area contributed by atoms with Crippen molar-refractivity contribution in [1.82, 2.24) is 9.97 Å². The molecule has 0 amide bonds. The molecule has 2 rings (SSSR count). The predicted octanol–water partition coefficient (Wildman–Crippen LogP) is 1.69. The number of rotatable bonds is 5. The summed E-state index contributed by atoms with van der Waals surface area (Å²) in [6.07, 6.45) is 3.08. The van der Waals surface area contributed by atoms with Crippen LogP contribution in [-0.4, -0.2) is 23.6 Å². The SMILES string of the molecule is CCN(Cc1ccco1)c1ncnc(N)c1OC. The number of hydrogen-bond donors (Lipinski definition) is 1. The molecule has 96 valence electrons. The first-order valence-electron chi connectivity index (χ1n) is 5.68. The molecule has 2 aromatic heterocycles. The minimum Gasteiger partial charge on any atom is -0.490 e. The van der Waals surface area contributed by atoms with Crippen molar-refractivity contribution in [2.75, 3.05) is 24.3 Å². The van der Waals surface area contributed by atoms with E-state index in [9.17, 15) is 0 Å². The summed E-state index contributed by atoms with van der Waals surface area (Å²) in [6, 6.07) is 3.77. The van der Waals surface area contributed by atoms with Crippen molar-refractivity contribution in [2.45, 2.75) is 13.5 Å². The molecule has 0 saturated heterocycles. The number of nitrogens with zero attached hydrogens (tertiary/aromatic N) is 3. The molecule has 0 bridgehead atoms. The van der Waals surface area contributed by atoms with Gasteiger partial charge in [-0.05, 0) is 19.1 Å². The van der Waals surface area contributed by atoms with Crippen LogP contribution in [0.2, 0.25) is 0 Å². The van der Waals surface area contributed by atoms with Crippen molar-refractivity contribution < 1.29 is 9.15 Å².